The van der Waals surface area contributed by atoms with Gasteiger partial charge in [0.05, 0.1) is 5.41 Å². The van der Waals surface area contributed by atoms with E-state index in [4.69, 9.17) is 0 Å². The van der Waals surface area contributed by atoms with Crippen LogP contribution in [0.3, 0.4) is 0 Å². The van der Waals surface area contributed by atoms with Crippen molar-refractivity contribution in [2.45, 2.75) is 0 Å². The predicted octanol–water partition coefficient (Wildman–Crippen LogP) is 1.33. The van der Waals surface area contributed by atoms with Crippen LogP contribution in [0.5, 0.6) is 0 Å². The van der Waals surface area contributed by atoms with E-state index in [1.165, 1.54) is 0 Å². The van der Waals surface area contributed by atoms with Gasteiger partial charge in [-0.3, -0.25) is 0 Å². The molecule has 1 aliphatic rings. The van der Waals surface area contributed by atoms with E-state index < -0.39 is 9.84 Å². The Hall–Kier alpha value is 0.190. The second-order valence-corrected chi connectivity index (χ2v) is 5.15. The molecule has 6 heteroatoms. The van der Waals surface area contributed by atoms with Gasteiger partial charge in [0.1, 0.15) is 4.61 Å². The van der Waals surface area contributed by atoms with E-state index in [-0.39, 0.29) is 4.38 Å². The molecule has 0 saturated carbocycles. The molecular formula is C4H4BrNO2S2. The van der Waals surface area contributed by atoms with Crippen LogP contribution in [0.1, 0.15) is 0 Å². The minimum absolute atomic E-state index is 0.152. The second-order valence-electron chi connectivity index (χ2n) is 1.57. The highest BCUT2D eigenvalue weighted by Gasteiger charge is 2.22. The molecule has 10 heavy (non-hydrogen) atoms. The largest absolute Gasteiger partial charge is 0.225 e. The third-order valence-corrected chi connectivity index (χ3v) is 4.33. The van der Waals surface area contributed by atoms with Gasteiger partial charge >= 0.3 is 0 Å². The van der Waals surface area contributed by atoms with E-state index in [2.05, 4.69) is 20.9 Å². The van der Waals surface area contributed by atoms with Crippen molar-refractivity contribution < 1.29 is 8.42 Å². The fourth-order valence-electron chi connectivity index (χ4n) is 0.517. The Bertz CT molecular complexity index is 303. The van der Waals surface area contributed by atoms with Crippen molar-refractivity contribution in [2.75, 3.05) is 6.26 Å². The molecule has 1 aliphatic heterocycles. The average Bonchev–Trinajstić information content (AvgIpc) is 2.04. The molecule has 0 bridgehead atoms. The topological polar surface area (TPSA) is 46.5 Å². The first-order valence-electron chi connectivity index (χ1n) is 2.31. The Morgan fingerprint density at radius 1 is 1.70 bits per heavy atom. The van der Waals surface area contributed by atoms with Gasteiger partial charge in [0.15, 0.2) is 4.38 Å². The zero-order valence-electron chi connectivity index (χ0n) is 5.04. The van der Waals surface area contributed by atoms with E-state index in [1.807, 2.05) is 0 Å². The first-order chi connectivity index (χ1) is 4.56. The summed E-state index contributed by atoms with van der Waals surface area (Å²) >= 11 is 4.10. The Kier molecular flexibility index (Phi) is 2.21. The van der Waals surface area contributed by atoms with Crippen LogP contribution in [0, 0.1) is 0 Å². The number of hydrogen-bond acceptors (Lipinski definition) is 4. The van der Waals surface area contributed by atoms with Gasteiger partial charge in [0.25, 0.3) is 0 Å². The van der Waals surface area contributed by atoms with Crippen LogP contribution in [0.4, 0.5) is 0 Å². The number of aliphatic imine (C=N–C) groups is 1. The zero-order chi connectivity index (χ0) is 7.78. The van der Waals surface area contributed by atoms with Crippen LogP contribution in [0.25, 0.3) is 0 Å². The molecule has 0 aromatic rings. The van der Waals surface area contributed by atoms with Gasteiger partial charge in [-0.2, -0.15) is 0 Å². The van der Waals surface area contributed by atoms with Crippen LogP contribution in [-0.4, -0.2) is 19.0 Å². The molecule has 1 rings (SSSR count). The maximum Gasteiger partial charge on any atom is 0.225 e. The minimum Gasteiger partial charge on any atom is -0.221 e. The van der Waals surface area contributed by atoms with Gasteiger partial charge in [-0.15, -0.1) is 0 Å². The third kappa shape index (κ3) is 1.43. The Labute approximate surface area is 71.7 Å². The second kappa shape index (κ2) is 2.67. The normalized spacial score (nSPS) is 22.2. The van der Waals surface area contributed by atoms with Crippen LogP contribution in [-0.2, 0) is 9.84 Å². The van der Waals surface area contributed by atoms with Gasteiger partial charge < -0.3 is 0 Å². The van der Waals surface area contributed by atoms with Crippen molar-refractivity contribution in [1.29, 1.82) is 0 Å². The van der Waals surface area contributed by atoms with Crippen LogP contribution < -0.4 is 0 Å². The van der Waals surface area contributed by atoms with Crippen LogP contribution in [0.2, 0.25) is 0 Å². The zero-order valence-corrected chi connectivity index (χ0v) is 8.25. The van der Waals surface area contributed by atoms with Crippen molar-refractivity contribution in [1.82, 2.24) is 0 Å². The summed E-state index contributed by atoms with van der Waals surface area (Å²) in [6.45, 7) is 0. The van der Waals surface area contributed by atoms with Crippen molar-refractivity contribution in [2.24, 2.45) is 4.99 Å². The van der Waals surface area contributed by atoms with Gasteiger partial charge in [-0.25, -0.2) is 13.4 Å². The highest BCUT2D eigenvalue weighted by atomic mass is 79.9. The van der Waals surface area contributed by atoms with E-state index in [1.54, 1.807) is 6.26 Å². The van der Waals surface area contributed by atoms with E-state index in [0.29, 0.717) is 4.61 Å². The fraction of sp³-hybridized carbons (Fsp3) is 0.250. The minimum atomic E-state index is -3.18. The smallest absolute Gasteiger partial charge is 0.221 e. The number of thioether (sulfide) groups is 1. The SMILES string of the molecule is CSC1=NC(Br)=CS1(=O)=O. The summed E-state index contributed by atoms with van der Waals surface area (Å²) in [5.41, 5.74) is 0. The van der Waals surface area contributed by atoms with Crippen molar-refractivity contribution in [3.63, 3.8) is 0 Å². The van der Waals surface area contributed by atoms with Crippen molar-refractivity contribution >= 4 is 41.9 Å². The maximum atomic E-state index is 10.9. The molecule has 0 spiro atoms. The molecule has 0 unspecified atom stereocenters. The Balaban J connectivity index is 3.15. The molecule has 1 heterocycles. The lowest BCUT2D eigenvalue weighted by molar-refractivity contribution is 0.616. The van der Waals surface area contributed by atoms with E-state index >= 15 is 0 Å². The number of hydrogen-bond donors (Lipinski definition) is 0. The lowest BCUT2D eigenvalue weighted by Crippen LogP contribution is -2.02. The van der Waals surface area contributed by atoms with E-state index in [9.17, 15) is 8.42 Å². The molecule has 0 radical (unpaired) electrons. The van der Waals surface area contributed by atoms with Gasteiger partial charge in [-0.1, -0.05) is 11.8 Å². The molecule has 56 valence electrons. The molecule has 0 atom stereocenters. The molecule has 0 aromatic heterocycles. The summed E-state index contributed by atoms with van der Waals surface area (Å²) in [6.07, 6.45) is 1.68. The Morgan fingerprint density at radius 3 is 2.50 bits per heavy atom. The summed E-state index contributed by atoms with van der Waals surface area (Å²) in [5.74, 6) is 0. The van der Waals surface area contributed by atoms with E-state index in [0.717, 1.165) is 17.2 Å². The molecular weight excluding hydrogens is 238 g/mol. The van der Waals surface area contributed by atoms with Gasteiger partial charge in [-0.05, 0) is 22.2 Å². The Morgan fingerprint density at radius 2 is 2.30 bits per heavy atom. The molecule has 0 amide bonds. The molecule has 0 aromatic carbocycles. The first-order valence-corrected chi connectivity index (χ1v) is 5.87. The maximum absolute atomic E-state index is 10.9. The van der Waals surface area contributed by atoms with Crippen LogP contribution >= 0.6 is 27.7 Å². The number of halogens is 1. The first kappa shape index (κ1) is 8.29. The highest BCUT2D eigenvalue weighted by molar-refractivity contribution is 9.11. The van der Waals surface area contributed by atoms with Gasteiger partial charge in [0.2, 0.25) is 9.84 Å². The standard InChI is InChI=1S/C4H4BrNO2S2/c1-9-4-6-3(5)2-10(4,7)8/h2H,1H3. The molecule has 0 aliphatic carbocycles. The van der Waals surface area contributed by atoms with Crippen molar-refractivity contribution in [3.05, 3.63) is 10.0 Å². The number of rotatable bonds is 0. The van der Waals surface area contributed by atoms with Gasteiger partial charge in [0, 0.05) is 0 Å². The fourth-order valence-corrected chi connectivity index (χ4v) is 3.57. The molecule has 0 fully saturated rings. The number of nitrogens with zero attached hydrogens (tertiary/aromatic N) is 1. The molecule has 0 saturated heterocycles. The summed E-state index contributed by atoms with van der Waals surface area (Å²) in [5, 5.41) is 1.10. The molecule has 0 N–H and O–H groups in total. The van der Waals surface area contributed by atoms with Crippen LogP contribution in [0.15, 0.2) is 15.0 Å². The lowest BCUT2D eigenvalue weighted by Gasteiger charge is -1.89. The summed E-state index contributed by atoms with van der Waals surface area (Å²) < 4.78 is 22.4. The summed E-state index contributed by atoms with van der Waals surface area (Å²) in [7, 11) is -3.18. The summed E-state index contributed by atoms with van der Waals surface area (Å²) in [6, 6.07) is 0. The number of sulfone groups is 1. The summed E-state index contributed by atoms with van der Waals surface area (Å²) in [4.78, 5) is 3.73. The highest BCUT2D eigenvalue weighted by Crippen LogP contribution is 2.23. The molecule has 3 nitrogen and oxygen atoms in total. The quantitative estimate of drug-likeness (QED) is 0.602. The average molecular weight is 242 g/mol. The van der Waals surface area contributed by atoms with Crippen molar-refractivity contribution in [3.8, 4) is 0 Å². The predicted molar refractivity (Wildman–Crippen MR) is 46.9 cm³/mol. The third-order valence-electron chi connectivity index (χ3n) is 0.869. The monoisotopic (exact) mass is 241 g/mol. The lowest BCUT2D eigenvalue weighted by atomic mass is 11.1.